The summed E-state index contributed by atoms with van der Waals surface area (Å²) >= 11 is 0. The highest BCUT2D eigenvalue weighted by Gasteiger charge is 2.15. The molecule has 0 bridgehead atoms. The van der Waals surface area contributed by atoms with E-state index in [4.69, 9.17) is 0 Å². The zero-order valence-electron chi connectivity index (χ0n) is 12.0. The molecule has 0 amide bonds. The Morgan fingerprint density at radius 2 is 2.05 bits per heavy atom. The van der Waals surface area contributed by atoms with Gasteiger partial charge in [-0.1, -0.05) is 6.08 Å². The lowest BCUT2D eigenvalue weighted by Crippen LogP contribution is -2.40. The first kappa shape index (κ1) is 14.3. The summed E-state index contributed by atoms with van der Waals surface area (Å²) in [5.41, 5.74) is 0.415. The molecule has 0 radical (unpaired) electrons. The van der Waals surface area contributed by atoms with Gasteiger partial charge in [-0.25, -0.2) is 9.78 Å². The van der Waals surface area contributed by atoms with Crippen molar-refractivity contribution in [2.45, 2.75) is 39.3 Å². The van der Waals surface area contributed by atoms with Gasteiger partial charge in [0.1, 0.15) is 0 Å². The van der Waals surface area contributed by atoms with Gasteiger partial charge >= 0.3 is 5.69 Å². The summed E-state index contributed by atoms with van der Waals surface area (Å²) in [6.07, 6.45) is 6.01. The van der Waals surface area contributed by atoms with Crippen molar-refractivity contribution in [3.8, 4) is 0 Å². The fraction of sp³-hybridized carbons (Fsp3) is 0.500. The van der Waals surface area contributed by atoms with Gasteiger partial charge in [0, 0.05) is 20.1 Å². The van der Waals surface area contributed by atoms with Gasteiger partial charge in [-0.3, -0.25) is 13.9 Å². The molecule has 0 spiro atoms. The molecule has 0 aliphatic rings. The van der Waals surface area contributed by atoms with Crippen LogP contribution in [0.2, 0.25) is 0 Å². The number of imidazole rings is 1. The maximum atomic E-state index is 12.4. The molecule has 0 fully saturated rings. The predicted molar refractivity (Wildman–Crippen MR) is 79.0 cm³/mol. The van der Waals surface area contributed by atoms with Crippen LogP contribution < -0.4 is 11.2 Å². The Hall–Kier alpha value is -2.11. The van der Waals surface area contributed by atoms with Crippen molar-refractivity contribution in [1.29, 1.82) is 0 Å². The lowest BCUT2D eigenvalue weighted by Gasteiger charge is -2.10. The number of fused-ring (bicyclic) bond motifs is 1. The molecule has 20 heavy (non-hydrogen) atoms. The van der Waals surface area contributed by atoms with Gasteiger partial charge in [-0.15, -0.1) is 6.58 Å². The maximum absolute atomic E-state index is 12.4. The number of rotatable bonds is 6. The molecule has 6 heteroatoms. The normalized spacial score (nSPS) is 11.1. The Morgan fingerprint density at radius 1 is 1.30 bits per heavy atom. The van der Waals surface area contributed by atoms with E-state index in [9.17, 15) is 9.59 Å². The molecular weight excluding hydrogens is 256 g/mol. The molecule has 0 atom stereocenters. The fourth-order valence-corrected chi connectivity index (χ4v) is 2.35. The zero-order valence-corrected chi connectivity index (χ0v) is 12.0. The third-order valence-corrected chi connectivity index (χ3v) is 3.44. The van der Waals surface area contributed by atoms with E-state index in [0.29, 0.717) is 24.3 Å². The van der Waals surface area contributed by atoms with E-state index in [1.165, 1.54) is 4.57 Å². The number of aryl methyl sites for hydroxylation is 2. The third kappa shape index (κ3) is 2.33. The minimum absolute atomic E-state index is 0.256. The fourth-order valence-electron chi connectivity index (χ4n) is 2.35. The molecule has 0 aliphatic heterocycles. The van der Waals surface area contributed by atoms with Crippen molar-refractivity contribution in [2.24, 2.45) is 7.05 Å². The largest absolute Gasteiger partial charge is 0.332 e. The Labute approximate surface area is 117 Å². The molecule has 0 aromatic carbocycles. The second kappa shape index (κ2) is 5.90. The van der Waals surface area contributed by atoms with Crippen molar-refractivity contribution < 1.29 is 0 Å². The topological polar surface area (TPSA) is 61.8 Å². The van der Waals surface area contributed by atoms with Crippen LogP contribution in [0, 0.1) is 0 Å². The summed E-state index contributed by atoms with van der Waals surface area (Å²) in [5.74, 6) is 0. The van der Waals surface area contributed by atoms with E-state index < -0.39 is 0 Å². The molecule has 2 aromatic heterocycles. The van der Waals surface area contributed by atoms with Gasteiger partial charge in [-0.05, 0) is 26.2 Å². The first-order chi connectivity index (χ1) is 9.61. The molecule has 2 aromatic rings. The van der Waals surface area contributed by atoms with Crippen LogP contribution in [0.3, 0.4) is 0 Å². The number of aromatic nitrogens is 4. The van der Waals surface area contributed by atoms with Gasteiger partial charge in [0.15, 0.2) is 11.2 Å². The summed E-state index contributed by atoms with van der Waals surface area (Å²) in [6, 6.07) is 0. The van der Waals surface area contributed by atoms with Crippen molar-refractivity contribution in [3.63, 3.8) is 0 Å². The summed E-state index contributed by atoms with van der Waals surface area (Å²) in [7, 11) is 1.77. The number of nitrogens with zero attached hydrogens (tertiary/aromatic N) is 4. The van der Waals surface area contributed by atoms with E-state index in [-0.39, 0.29) is 11.2 Å². The van der Waals surface area contributed by atoms with Crippen LogP contribution >= 0.6 is 0 Å². The van der Waals surface area contributed by atoms with E-state index in [1.54, 1.807) is 22.5 Å². The van der Waals surface area contributed by atoms with Gasteiger partial charge in [0.05, 0.1) is 6.33 Å². The van der Waals surface area contributed by atoms with Crippen LogP contribution in [0.1, 0.15) is 26.2 Å². The third-order valence-electron chi connectivity index (χ3n) is 3.44. The molecule has 0 N–H and O–H groups in total. The van der Waals surface area contributed by atoms with Crippen LogP contribution in [0.25, 0.3) is 11.2 Å². The van der Waals surface area contributed by atoms with Gasteiger partial charge < -0.3 is 4.57 Å². The van der Waals surface area contributed by atoms with Gasteiger partial charge in [0.25, 0.3) is 5.56 Å². The van der Waals surface area contributed by atoms with Gasteiger partial charge in [0.2, 0.25) is 0 Å². The first-order valence-electron chi connectivity index (χ1n) is 6.87. The van der Waals surface area contributed by atoms with E-state index in [1.807, 2.05) is 13.0 Å². The van der Waals surface area contributed by atoms with E-state index >= 15 is 0 Å². The average Bonchev–Trinajstić information content (AvgIpc) is 2.80. The van der Waals surface area contributed by atoms with Gasteiger partial charge in [-0.2, -0.15) is 0 Å². The molecule has 2 rings (SSSR count). The second-order valence-electron chi connectivity index (χ2n) is 4.80. The number of unbranched alkanes of at least 4 members (excludes halogenated alkanes) is 2. The Balaban J connectivity index is 2.53. The molecule has 0 aliphatic carbocycles. The quantitative estimate of drug-likeness (QED) is 0.589. The number of hydrogen-bond donors (Lipinski definition) is 0. The average molecular weight is 276 g/mol. The minimum Gasteiger partial charge on any atom is -0.328 e. The Bertz CT molecular complexity index is 736. The van der Waals surface area contributed by atoms with Crippen molar-refractivity contribution >= 4 is 11.2 Å². The lowest BCUT2D eigenvalue weighted by molar-refractivity contribution is 0.543. The summed E-state index contributed by atoms with van der Waals surface area (Å²) in [4.78, 5) is 29.0. The first-order valence-corrected chi connectivity index (χ1v) is 6.87. The molecule has 6 nitrogen and oxygen atoms in total. The van der Waals surface area contributed by atoms with Crippen molar-refractivity contribution in [1.82, 2.24) is 18.7 Å². The monoisotopic (exact) mass is 276 g/mol. The Kier molecular flexibility index (Phi) is 4.22. The lowest BCUT2D eigenvalue weighted by atomic mass is 10.2. The maximum Gasteiger partial charge on any atom is 0.332 e. The molecule has 0 saturated heterocycles. The van der Waals surface area contributed by atoms with Crippen LogP contribution in [0.15, 0.2) is 28.6 Å². The summed E-state index contributed by atoms with van der Waals surface area (Å²) < 4.78 is 4.53. The predicted octanol–water partition coefficient (Wildman–Crippen LogP) is 1.27. The zero-order chi connectivity index (χ0) is 14.7. The molecule has 0 saturated carbocycles. The second-order valence-corrected chi connectivity index (χ2v) is 4.80. The van der Waals surface area contributed by atoms with Crippen LogP contribution in [0.4, 0.5) is 0 Å². The summed E-state index contributed by atoms with van der Waals surface area (Å²) in [5, 5.41) is 0. The van der Waals surface area contributed by atoms with E-state index in [0.717, 1.165) is 19.3 Å². The smallest absolute Gasteiger partial charge is 0.328 e. The van der Waals surface area contributed by atoms with Crippen LogP contribution in [-0.4, -0.2) is 18.7 Å². The molecule has 2 heterocycles. The van der Waals surface area contributed by atoms with Crippen LogP contribution in [0.5, 0.6) is 0 Å². The SMILES string of the molecule is C=CCCCCn1c(=O)c2c(ncn2C)n(CC)c1=O. The number of allylic oxidation sites excluding steroid dienone is 1. The minimum atomic E-state index is -0.276. The highest BCUT2D eigenvalue weighted by Crippen LogP contribution is 2.05. The van der Waals surface area contributed by atoms with Crippen LogP contribution in [-0.2, 0) is 20.1 Å². The highest BCUT2D eigenvalue weighted by molar-refractivity contribution is 5.69. The molecule has 0 unspecified atom stereocenters. The standard InChI is InChI=1S/C14H20N4O2/c1-4-6-7-8-9-18-13(19)11-12(15-10-16(11)3)17(5-2)14(18)20/h4,10H,1,5-9H2,2-3H3. The Morgan fingerprint density at radius 3 is 2.70 bits per heavy atom. The molecular formula is C14H20N4O2. The summed E-state index contributed by atoms with van der Waals surface area (Å²) in [6.45, 7) is 6.48. The highest BCUT2D eigenvalue weighted by atomic mass is 16.2. The molecule has 108 valence electrons. The van der Waals surface area contributed by atoms with Crippen molar-refractivity contribution in [2.75, 3.05) is 0 Å². The van der Waals surface area contributed by atoms with E-state index in [2.05, 4.69) is 11.6 Å². The van der Waals surface area contributed by atoms with Crippen molar-refractivity contribution in [3.05, 3.63) is 39.8 Å². The number of hydrogen-bond acceptors (Lipinski definition) is 3.